The average Bonchev–Trinajstić information content (AvgIpc) is 3.36. The van der Waals surface area contributed by atoms with Crippen molar-refractivity contribution in [3.63, 3.8) is 0 Å². The molecule has 4 heterocycles. The number of hydrogen-bond donors (Lipinski definition) is 2. The Morgan fingerprint density at radius 3 is 2.48 bits per heavy atom. The number of nitrogens with zero attached hydrogens (tertiary/aromatic N) is 5. The van der Waals surface area contributed by atoms with Gasteiger partial charge < -0.3 is 0 Å². The second kappa shape index (κ2) is 7.21. The maximum atomic E-state index is 13.2. The number of H-pyrrole nitrogens is 2. The van der Waals surface area contributed by atoms with E-state index in [1.165, 1.54) is 9.08 Å². The van der Waals surface area contributed by atoms with E-state index >= 15 is 0 Å². The summed E-state index contributed by atoms with van der Waals surface area (Å²) in [6.07, 6.45) is 1.64. The zero-order valence-electron chi connectivity index (χ0n) is 17.1. The van der Waals surface area contributed by atoms with Gasteiger partial charge in [-0.2, -0.15) is 9.78 Å². The molecule has 4 N–H and O–H groups in total. The molecule has 0 atom stereocenters. The summed E-state index contributed by atoms with van der Waals surface area (Å²) in [5.41, 5.74) is 12.4. The van der Waals surface area contributed by atoms with E-state index in [0.29, 0.717) is 5.65 Å². The topological polar surface area (TPSA) is 121 Å². The van der Waals surface area contributed by atoms with Gasteiger partial charge in [0.2, 0.25) is 5.65 Å². The largest absolute Gasteiger partial charge is 0.411 e. The first-order valence-corrected chi connectivity index (χ1v) is 9.85. The average molecular weight is 413 g/mol. The Bertz CT molecular complexity index is 1430. The molecule has 9 nitrogen and oxygen atoms in total. The van der Waals surface area contributed by atoms with Crippen LogP contribution in [0.3, 0.4) is 0 Å². The number of nitrogen functional groups attached to an aromatic ring is 1. The van der Waals surface area contributed by atoms with E-state index in [-0.39, 0.29) is 18.2 Å². The molecule has 154 valence electrons. The SMILES string of the molecule is Cc1cc(-c2c(-c3ccccc3)[nH+]c(N)n3c(=O)n(Cc4ccn[nH]4)nc23)cc(C)n1. The van der Waals surface area contributed by atoms with Crippen LogP contribution in [0.1, 0.15) is 17.1 Å². The van der Waals surface area contributed by atoms with E-state index in [9.17, 15) is 4.79 Å². The number of fused-ring (bicyclic) bond motifs is 1. The van der Waals surface area contributed by atoms with Crippen molar-refractivity contribution in [2.24, 2.45) is 0 Å². The smallest absolute Gasteiger partial charge is 0.290 e. The Morgan fingerprint density at radius 1 is 1.06 bits per heavy atom. The van der Waals surface area contributed by atoms with E-state index in [1.807, 2.05) is 56.3 Å². The molecular formula is C22H21N8O+. The van der Waals surface area contributed by atoms with E-state index in [1.54, 1.807) is 12.3 Å². The lowest BCUT2D eigenvalue weighted by Gasteiger charge is -2.10. The molecule has 9 heteroatoms. The highest BCUT2D eigenvalue weighted by Gasteiger charge is 2.26. The second-order valence-electron chi connectivity index (χ2n) is 7.45. The van der Waals surface area contributed by atoms with Crippen LogP contribution in [0, 0.1) is 13.8 Å². The van der Waals surface area contributed by atoms with E-state index in [0.717, 1.165) is 39.5 Å². The molecule has 0 spiro atoms. The summed E-state index contributed by atoms with van der Waals surface area (Å²) in [5, 5.41) is 11.5. The molecule has 0 saturated heterocycles. The summed E-state index contributed by atoms with van der Waals surface area (Å²) in [6, 6.07) is 15.6. The number of anilines is 1. The van der Waals surface area contributed by atoms with Crippen molar-refractivity contribution >= 4 is 11.6 Å². The van der Waals surface area contributed by atoms with Crippen LogP contribution in [0.4, 0.5) is 5.95 Å². The van der Waals surface area contributed by atoms with Gasteiger partial charge in [-0.3, -0.25) is 15.8 Å². The lowest BCUT2D eigenvalue weighted by Crippen LogP contribution is -2.28. The molecule has 0 unspecified atom stereocenters. The highest BCUT2D eigenvalue weighted by molar-refractivity contribution is 5.88. The van der Waals surface area contributed by atoms with Crippen LogP contribution in [0.5, 0.6) is 0 Å². The molecule has 0 aliphatic rings. The van der Waals surface area contributed by atoms with E-state index in [4.69, 9.17) is 5.73 Å². The molecule has 1 aromatic carbocycles. The third-order valence-electron chi connectivity index (χ3n) is 5.12. The quantitative estimate of drug-likeness (QED) is 0.467. The number of hydrogen-bond acceptors (Lipinski definition) is 5. The van der Waals surface area contributed by atoms with Crippen LogP contribution in [-0.2, 0) is 6.54 Å². The first-order valence-electron chi connectivity index (χ1n) is 9.85. The fourth-order valence-corrected chi connectivity index (χ4v) is 3.86. The van der Waals surface area contributed by atoms with Crippen molar-refractivity contribution in [1.29, 1.82) is 0 Å². The number of aromatic nitrogens is 7. The minimum Gasteiger partial charge on any atom is -0.290 e. The third-order valence-corrected chi connectivity index (χ3v) is 5.12. The maximum Gasteiger partial charge on any atom is 0.411 e. The summed E-state index contributed by atoms with van der Waals surface area (Å²) in [4.78, 5) is 20.9. The van der Waals surface area contributed by atoms with Gasteiger partial charge in [-0.1, -0.05) is 30.3 Å². The predicted octanol–water partition coefficient (Wildman–Crippen LogP) is 2.01. The standard InChI is InChI=1S/C22H20N8O/c1-13-10-16(11-14(2)25-13)18-19(15-6-4-3-5-7-15)26-21(23)30-20(18)28-29(22(30)31)12-17-8-9-24-27-17/h3-11H,12H2,1-2H3,(H2,23,26)(H,24,27)/p+1. The van der Waals surface area contributed by atoms with Crippen LogP contribution < -0.4 is 16.4 Å². The Balaban J connectivity index is 1.85. The number of aromatic amines is 2. The number of rotatable bonds is 4. The van der Waals surface area contributed by atoms with Gasteiger partial charge in [0.25, 0.3) is 0 Å². The van der Waals surface area contributed by atoms with Crippen molar-refractivity contribution in [3.8, 4) is 22.4 Å². The molecule has 0 aliphatic carbocycles. The van der Waals surface area contributed by atoms with Gasteiger partial charge in [-0.05, 0) is 37.6 Å². The van der Waals surface area contributed by atoms with Crippen molar-refractivity contribution < 1.29 is 4.98 Å². The predicted molar refractivity (Wildman–Crippen MR) is 116 cm³/mol. The monoisotopic (exact) mass is 413 g/mol. The van der Waals surface area contributed by atoms with Crippen LogP contribution >= 0.6 is 0 Å². The van der Waals surface area contributed by atoms with Gasteiger partial charge in [0.15, 0.2) is 0 Å². The van der Waals surface area contributed by atoms with Gasteiger partial charge >= 0.3 is 11.6 Å². The van der Waals surface area contributed by atoms with Crippen LogP contribution in [0.2, 0.25) is 0 Å². The zero-order chi connectivity index (χ0) is 21.5. The van der Waals surface area contributed by atoms with Crippen LogP contribution in [-0.4, -0.2) is 29.4 Å². The molecule has 4 aromatic heterocycles. The Morgan fingerprint density at radius 2 is 1.81 bits per heavy atom. The maximum absolute atomic E-state index is 13.2. The fourth-order valence-electron chi connectivity index (χ4n) is 3.86. The molecule has 0 radical (unpaired) electrons. The summed E-state index contributed by atoms with van der Waals surface area (Å²) < 4.78 is 2.79. The molecule has 0 aliphatic heterocycles. The van der Waals surface area contributed by atoms with Crippen molar-refractivity contribution in [1.82, 2.24) is 29.4 Å². The lowest BCUT2D eigenvalue weighted by molar-refractivity contribution is -0.351. The number of benzene rings is 1. The van der Waals surface area contributed by atoms with Crippen molar-refractivity contribution in [2.45, 2.75) is 20.4 Å². The molecule has 5 rings (SSSR count). The van der Waals surface area contributed by atoms with Gasteiger partial charge in [0.05, 0.1) is 17.8 Å². The molecule has 5 aromatic rings. The summed E-state index contributed by atoms with van der Waals surface area (Å²) in [5.74, 6) is 0.209. The minimum atomic E-state index is -0.332. The van der Waals surface area contributed by atoms with Crippen molar-refractivity contribution in [3.05, 3.63) is 82.3 Å². The highest BCUT2D eigenvalue weighted by atomic mass is 16.2. The van der Waals surface area contributed by atoms with Crippen LogP contribution in [0.15, 0.2) is 59.5 Å². The number of aryl methyl sites for hydroxylation is 2. The normalized spacial score (nSPS) is 11.3. The Labute approximate surface area is 177 Å². The minimum absolute atomic E-state index is 0.209. The summed E-state index contributed by atoms with van der Waals surface area (Å²) >= 11 is 0. The molecule has 0 amide bonds. The van der Waals surface area contributed by atoms with Gasteiger partial charge in [0.1, 0.15) is 5.69 Å². The fraction of sp³-hybridized carbons (Fsp3) is 0.136. The highest BCUT2D eigenvalue weighted by Crippen LogP contribution is 2.32. The van der Waals surface area contributed by atoms with Crippen molar-refractivity contribution in [2.75, 3.05) is 5.73 Å². The van der Waals surface area contributed by atoms with E-state index < -0.39 is 0 Å². The molecule has 0 bridgehead atoms. The summed E-state index contributed by atoms with van der Waals surface area (Å²) in [7, 11) is 0. The van der Waals surface area contributed by atoms with Crippen LogP contribution in [0.25, 0.3) is 28.0 Å². The van der Waals surface area contributed by atoms with E-state index in [2.05, 4.69) is 25.3 Å². The molecule has 0 fully saturated rings. The number of nitrogens with two attached hydrogens (primary N) is 1. The molecular weight excluding hydrogens is 392 g/mol. The van der Waals surface area contributed by atoms with Gasteiger partial charge in [-0.25, -0.2) is 9.78 Å². The number of nitrogens with one attached hydrogen (secondary N) is 2. The first kappa shape index (κ1) is 18.7. The first-order chi connectivity index (χ1) is 15.0. The number of pyridine rings is 1. The Hall–Kier alpha value is -4.27. The van der Waals surface area contributed by atoms with Gasteiger partial charge in [0, 0.05) is 23.1 Å². The third kappa shape index (κ3) is 3.25. The van der Waals surface area contributed by atoms with Gasteiger partial charge in [-0.15, -0.1) is 9.50 Å². The zero-order valence-corrected chi connectivity index (χ0v) is 17.1. The molecule has 31 heavy (non-hydrogen) atoms. The lowest BCUT2D eigenvalue weighted by atomic mass is 9.99. The second-order valence-corrected chi connectivity index (χ2v) is 7.45. The summed E-state index contributed by atoms with van der Waals surface area (Å²) in [6.45, 7) is 4.15. The Kier molecular flexibility index (Phi) is 4.36. The molecule has 0 saturated carbocycles.